The summed E-state index contributed by atoms with van der Waals surface area (Å²) in [4.78, 5) is 24.4. The summed E-state index contributed by atoms with van der Waals surface area (Å²) in [6, 6.07) is 16.3. The molecule has 0 aliphatic carbocycles. The molecule has 0 saturated carbocycles. The van der Waals surface area contributed by atoms with Crippen molar-refractivity contribution in [2.24, 2.45) is 11.8 Å². The van der Waals surface area contributed by atoms with Gasteiger partial charge < -0.3 is 14.7 Å². The molecule has 5 nitrogen and oxygen atoms in total. The molecule has 0 radical (unpaired) electrons. The molecule has 1 aliphatic rings. The lowest BCUT2D eigenvalue weighted by Crippen LogP contribution is -2.35. The number of carbonyl (C=O) groups is 2. The number of benzene rings is 2. The van der Waals surface area contributed by atoms with Crippen molar-refractivity contribution in [3.63, 3.8) is 0 Å². The third-order valence-corrected chi connectivity index (χ3v) is 4.73. The first-order valence-electron chi connectivity index (χ1n) is 8.62. The van der Waals surface area contributed by atoms with Crippen LogP contribution >= 0.6 is 0 Å². The Morgan fingerprint density at radius 3 is 2.29 bits per heavy atom. The molecule has 2 atom stereocenters. The first-order valence-corrected chi connectivity index (χ1v) is 8.62. The van der Waals surface area contributed by atoms with Crippen LogP contribution in [0.4, 0.5) is 13.2 Å². The molecular formula is C20H18F3NO4. The van der Waals surface area contributed by atoms with Gasteiger partial charge >= 0.3 is 12.1 Å². The van der Waals surface area contributed by atoms with E-state index in [1.807, 2.05) is 42.5 Å². The summed E-state index contributed by atoms with van der Waals surface area (Å²) in [6.45, 7) is -1.63. The third kappa shape index (κ3) is 4.27. The Labute approximate surface area is 159 Å². The fourth-order valence-electron chi connectivity index (χ4n) is 3.27. The third-order valence-electron chi connectivity index (χ3n) is 4.73. The lowest BCUT2D eigenvalue weighted by molar-refractivity contribution is -0.188. The number of amides is 1. The van der Waals surface area contributed by atoms with Crippen LogP contribution in [0, 0.1) is 11.8 Å². The standard InChI is InChI=1S/C20H18F3NO4/c21-20(22,23)16-11-24(10-15(16)19(26)27)18(25)12-28-17-9-5-4-8-14(17)13-6-2-1-3-7-13/h1-9,15-16H,10-12H2,(H,26,27)/t15-,16-/m1/s1. The molecule has 8 heteroatoms. The van der Waals surface area contributed by atoms with E-state index in [1.165, 1.54) is 0 Å². The number of rotatable bonds is 5. The molecule has 2 aromatic rings. The maximum atomic E-state index is 13.1. The van der Waals surface area contributed by atoms with Crippen molar-refractivity contribution in [2.75, 3.05) is 19.7 Å². The molecule has 3 rings (SSSR count). The maximum Gasteiger partial charge on any atom is 0.394 e. The number of carboxylic acid groups (broad SMARTS) is 1. The van der Waals surface area contributed by atoms with E-state index in [2.05, 4.69) is 0 Å². The van der Waals surface area contributed by atoms with Crippen molar-refractivity contribution in [1.82, 2.24) is 4.90 Å². The highest BCUT2D eigenvalue weighted by atomic mass is 19.4. The van der Waals surface area contributed by atoms with Crippen LogP contribution < -0.4 is 4.74 Å². The Morgan fingerprint density at radius 1 is 1.04 bits per heavy atom. The van der Waals surface area contributed by atoms with E-state index in [4.69, 9.17) is 9.84 Å². The van der Waals surface area contributed by atoms with Gasteiger partial charge in [-0.15, -0.1) is 0 Å². The number of nitrogens with zero attached hydrogens (tertiary/aromatic N) is 1. The average Bonchev–Trinajstić information content (AvgIpc) is 3.13. The summed E-state index contributed by atoms with van der Waals surface area (Å²) >= 11 is 0. The summed E-state index contributed by atoms with van der Waals surface area (Å²) in [6.07, 6.45) is -4.68. The molecule has 1 aliphatic heterocycles. The quantitative estimate of drug-likeness (QED) is 0.845. The number of carboxylic acids is 1. The predicted molar refractivity (Wildman–Crippen MR) is 94.6 cm³/mol. The van der Waals surface area contributed by atoms with Crippen molar-refractivity contribution >= 4 is 11.9 Å². The van der Waals surface area contributed by atoms with Gasteiger partial charge in [-0.1, -0.05) is 48.5 Å². The summed E-state index contributed by atoms with van der Waals surface area (Å²) in [7, 11) is 0. The average molecular weight is 393 g/mol. The summed E-state index contributed by atoms with van der Waals surface area (Å²) < 4.78 is 44.8. The van der Waals surface area contributed by atoms with Gasteiger partial charge in [0.05, 0.1) is 11.8 Å². The topological polar surface area (TPSA) is 66.8 Å². The molecule has 148 valence electrons. The normalized spacial score (nSPS) is 19.5. The number of para-hydroxylation sites is 1. The van der Waals surface area contributed by atoms with E-state index in [-0.39, 0.29) is 0 Å². The van der Waals surface area contributed by atoms with Gasteiger partial charge in [-0.2, -0.15) is 13.2 Å². The van der Waals surface area contributed by atoms with E-state index in [9.17, 15) is 22.8 Å². The Morgan fingerprint density at radius 2 is 1.68 bits per heavy atom. The van der Waals surface area contributed by atoms with Crippen LogP contribution in [0.5, 0.6) is 5.75 Å². The number of aliphatic carboxylic acids is 1. The van der Waals surface area contributed by atoms with Crippen molar-refractivity contribution in [1.29, 1.82) is 0 Å². The Bertz CT molecular complexity index is 854. The monoisotopic (exact) mass is 393 g/mol. The van der Waals surface area contributed by atoms with Crippen molar-refractivity contribution < 1.29 is 32.6 Å². The Hall–Kier alpha value is -3.03. The highest BCUT2D eigenvalue weighted by molar-refractivity contribution is 5.80. The predicted octanol–water partition coefficient (Wildman–Crippen LogP) is 3.45. The second-order valence-corrected chi connectivity index (χ2v) is 6.54. The van der Waals surface area contributed by atoms with Gasteiger partial charge in [0.1, 0.15) is 5.75 Å². The molecule has 1 amide bonds. The summed E-state index contributed by atoms with van der Waals surface area (Å²) in [5.41, 5.74) is 1.61. The fourth-order valence-corrected chi connectivity index (χ4v) is 3.27. The van der Waals surface area contributed by atoms with Crippen molar-refractivity contribution in [3.8, 4) is 16.9 Å². The molecule has 2 aromatic carbocycles. The first-order chi connectivity index (χ1) is 13.3. The second kappa shape index (κ2) is 7.92. The molecule has 1 fully saturated rings. The maximum absolute atomic E-state index is 13.1. The zero-order valence-corrected chi connectivity index (χ0v) is 14.7. The number of hydrogen-bond donors (Lipinski definition) is 1. The van der Waals surface area contributed by atoms with E-state index in [1.54, 1.807) is 12.1 Å². The van der Waals surface area contributed by atoms with E-state index in [0.717, 1.165) is 16.0 Å². The molecule has 1 heterocycles. The first kappa shape index (κ1) is 19.7. The summed E-state index contributed by atoms with van der Waals surface area (Å²) in [5, 5.41) is 9.05. The molecule has 0 bridgehead atoms. The number of ether oxygens (including phenoxy) is 1. The minimum Gasteiger partial charge on any atom is -0.483 e. The molecule has 1 N–H and O–H groups in total. The highest BCUT2D eigenvalue weighted by Crippen LogP contribution is 2.38. The lowest BCUT2D eigenvalue weighted by atomic mass is 9.96. The van der Waals surface area contributed by atoms with Gasteiger partial charge in [-0.25, -0.2) is 0 Å². The van der Waals surface area contributed by atoms with Crippen molar-refractivity contribution in [2.45, 2.75) is 6.18 Å². The molecule has 1 saturated heterocycles. The van der Waals surface area contributed by atoms with Gasteiger partial charge in [0.2, 0.25) is 0 Å². The van der Waals surface area contributed by atoms with E-state index in [0.29, 0.717) is 5.75 Å². The summed E-state index contributed by atoms with van der Waals surface area (Å²) in [5.74, 6) is -5.57. The molecule has 0 unspecified atom stereocenters. The van der Waals surface area contributed by atoms with Crippen LogP contribution in [0.3, 0.4) is 0 Å². The minimum atomic E-state index is -4.68. The van der Waals surface area contributed by atoms with E-state index < -0.39 is 49.6 Å². The van der Waals surface area contributed by atoms with Crippen LogP contribution in [0.25, 0.3) is 11.1 Å². The van der Waals surface area contributed by atoms with Gasteiger partial charge in [0.15, 0.2) is 6.61 Å². The molecule has 0 spiro atoms. The molecular weight excluding hydrogens is 375 g/mol. The second-order valence-electron chi connectivity index (χ2n) is 6.54. The SMILES string of the molecule is O=C(O)[C@@H]1CN(C(=O)COc2ccccc2-c2ccccc2)C[C@H]1C(F)(F)F. The van der Waals surface area contributed by atoms with Gasteiger partial charge in [0, 0.05) is 18.7 Å². The highest BCUT2D eigenvalue weighted by Gasteiger charge is 2.53. The van der Waals surface area contributed by atoms with Gasteiger partial charge in [-0.3, -0.25) is 9.59 Å². The van der Waals surface area contributed by atoms with Gasteiger partial charge in [0.25, 0.3) is 5.91 Å². The number of hydrogen-bond acceptors (Lipinski definition) is 3. The van der Waals surface area contributed by atoms with Gasteiger partial charge in [-0.05, 0) is 11.6 Å². The largest absolute Gasteiger partial charge is 0.483 e. The number of halogens is 3. The number of carbonyl (C=O) groups excluding carboxylic acids is 1. The Balaban J connectivity index is 1.70. The van der Waals surface area contributed by atoms with Crippen LogP contribution in [-0.4, -0.2) is 47.8 Å². The van der Waals surface area contributed by atoms with Crippen LogP contribution in [0.2, 0.25) is 0 Å². The Kier molecular flexibility index (Phi) is 5.58. The van der Waals surface area contributed by atoms with Crippen LogP contribution in [0.15, 0.2) is 54.6 Å². The van der Waals surface area contributed by atoms with Crippen molar-refractivity contribution in [3.05, 3.63) is 54.6 Å². The smallest absolute Gasteiger partial charge is 0.394 e. The fraction of sp³-hybridized carbons (Fsp3) is 0.300. The van der Waals surface area contributed by atoms with Crippen LogP contribution in [-0.2, 0) is 9.59 Å². The zero-order chi connectivity index (χ0) is 20.3. The number of alkyl halides is 3. The van der Waals surface area contributed by atoms with Crippen LogP contribution in [0.1, 0.15) is 0 Å². The molecule has 0 aromatic heterocycles. The number of likely N-dealkylation sites (tertiary alicyclic amines) is 1. The molecule has 28 heavy (non-hydrogen) atoms. The zero-order valence-electron chi connectivity index (χ0n) is 14.7. The lowest BCUT2D eigenvalue weighted by Gasteiger charge is -2.19. The van der Waals surface area contributed by atoms with E-state index >= 15 is 0 Å². The minimum absolute atomic E-state index is 0.420.